The summed E-state index contributed by atoms with van der Waals surface area (Å²) in [6, 6.07) is 9.16. The predicted octanol–water partition coefficient (Wildman–Crippen LogP) is 6.39. The number of unbranched alkanes of at least 4 members (excludes halogenated alkanes) is 2. The van der Waals surface area contributed by atoms with Crippen molar-refractivity contribution in [2.45, 2.75) is 112 Å². The van der Waals surface area contributed by atoms with Crippen LogP contribution in [0, 0.1) is 0 Å². The number of hydrogen-bond donors (Lipinski definition) is 0. The molecular formula is C42H51F3N4O5. The molecular weight excluding hydrogens is 697 g/mol. The molecule has 0 bridgehead atoms. The van der Waals surface area contributed by atoms with Crippen molar-refractivity contribution >= 4 is 34.3 Å². The highest BCUT2D eigenvalue weighted by atomic mass is 19.4. The molecule has 0 N–H and O–H groups in total. The molecule has 6 rings (SSSR count). The van der Waals surface area contributed by atoms with Crippen LogP contribution in [-0.2, 0) is 20.9 Å². The van der Waals surface area contributed by atoms with Crippen molar-refractivity contribution in [3.8, 4) is 11.5 Å². The van der Waals surface area contributed by atoms with E-state index in [2.05, 4.69) is 112 Å². The lowest BCUT2D eigenvalue weighted by Crippen LogP contribution is -2.49. The highest BCUT2D eigenvalue weighted by molar-refractivity contribution is 5.90. The van der Waals surface area contributed by atoms with Crippen molar-refractivity contribution in [1.29, 1.82) is 0 Å². The molecule has 3 aliphatic heterocycles. The molecule has 9 nitrogen and oxygen atoms in total. The lowest BCUT2D eigenvalue weighted by atomic mass is 9.85. The summed E-state index contributed by atoms with van der Waals surface area (Å²) in [6.07, 6.45) is 6.74. The Balaban J connectivity index is 0.000000730. The van der Waals surface area contributed by atoms with Crippen LogP contribution in [0.3, 0.4) is 0 Å². The van der Waals surface area contributed by atoms with Crippen LogP contribution < -0.4 is 29.9 Å². The lowest BCUT2D eigenvalue weighted by Gasteiger charge is -2.43. The first kappa shape index (κ1) is 40.3. The van der Waals surface area contributed by atoms with E-state index in [-0.39, 0.29) is 17.0 Å². The predicted molar refractivity (Wildman–Crippen MR) is 202 cm³/mol. The van der Waals surface area contributed by atoms with Crippen molar-refractivity contribution in [1.82, 2.24) is 14.1 Å². The Hall–Kier alpha value is -4.87. The smallest absolute Gasteiger partial charge is 0.430 e. The van der Waals surface area contributed by atoms with E-state index in [0.717, 1.165) is 72.6 Å². The number of aromatic nitrogens is 2. The maximum Gasteiger partial charge on any atom is 0.430 e. The van der Waals surface area contributed by atoms with E-state index in [1.807, 2.05) is 13.1 Å². The number of carboxylic acids is 1. The first-order valence-electron chi connectivity index (χ1n) is 18.7. The maximum absolute atomic E-state index is 11.9. The zero-order chi connectivity index (χ0) is 39.7. The van der Waals surface area contributed by atoms with Gasteiger partial charge >= 0.3 is 12.1 Å². The number of carboxylic acid groups (broad SMARTS) is 1. The quantitative estimate of drug-likeness (QED) is 0.105. The maximum atomic E-state index is 11.9. The molecule has 0 spiro atoms. The van der Waals surface area contributed by atoms with E-state index in [1.54, 1.807) is 0 Å². The van der Waals surface area contributed by atoms with E-state index >= 15 is 0 Å². The first-order chi connectivity index (χ1) is 25.3. The molecule has 2 aromatic carbocycles. The molecule has 4 heterocycles. The van der Waals surface area contributed by atoms with Gasteiger partial charge in [0.15, 0.2) is 5.54 Å². The summed E-state index contributed by atoms with van der Waals surface area (Å²) in [4.78, 5) is 28.1. The fourth-order valence-corrected chi connectivity index (χ4v) is 8.11. The van der Waals surface area contributed by atoms with Gasteiger partial charge in [-0.2, -0.15) is 13.2 Å². The number of esters is 1. The molecule has 0 saturated heterocycles. The SMILES string of the molecule is CCOC(=O)CCCCCn1ccnc1C1=c2cc3c(cc2Oc2cc4c(cc21)C(C)=CC(C)(C)N4CC)=[N+](CC)C(C)(C)C=C3C.O=C([O-])C(F)(F)F. The molecule has 0 unspecified atom stereocenters. The van der Waals surface area contributed by atoms with Gasteiger partial charge in [0.1, 0.15) is 29.8 Å². The monoisotopic (exact) mass is 748 g/mol. The highest BCUT2D eigenvalue weighted by Gasteiger charge is 2.36. The Morgan fingerprint density at radius 3 is 2.24 bits per heavy atom. The van der Waals surface area contributed by atoms with E-state index in [0.29, 0.717) is 13.0 Å². The van der Waals surface area contributed by atoms with Crippen molar-refractivity contribution in [3.05, 3.63) is 81.9 Å². The third-order valence-electron chi connectivity index (χ3n) is 10.3. The van der Waals surface area contributed by atoms with Crippen LogP contribution in [0.1, 0.15) is 111 Å². The van der Waals surface area contributed by atoms with Crippen molar-refractivity contribution in [2.75, 3.05) is 24.6 Å². The van der Waals surface area contributed by atoms with Crippen LogP contribution in [0.5, 0.6) is 11.5 Å². The minimum atomic E-state index is -5.19. The minimum Gasteiger partial charge on any atom is -0.542 e. The third-order valence-corrected chi connectivity index (χ3v) is 10.3. The number of halogens is 3. The number of fused-ring (bicyclic) bond motifs is 4. The van der Waals surface area contributed by atoms with E-state index in [4.69, 9.17) is 24.4 Å². The van der Waals surface area contributed by atoms with Crippen LogP contribution >= 0.6 is 0 Å². The Morgan fingerprint density at radius 2 is 1.61 bits per heavy atom. The summed E-state index contributed by atoms with van der Waals surface area (Å²) in [5, 5.41) is 11.1. The summed E-state index contributed by atoms with van der Waals surface area (Å²) in [6.45, 7) is 22.9. The first-order valence-corrected chi connectivity index (χ1v) is 18.7. The Bertz CT molecular complexity index is 2140. The van der Waals surface area contributed by atoms with Gasteiger partial charge in [-0.1, -0.05) is 12.5 Å². The van der Waals surface area contributed by atoms with E-state index in [9.17, 15) is 18.0 Å². The summed E-state index contributed by atoms with van der Waals surface area (Å²) in [5.41, 5.74) is 8.20. The average Bonchev–Trinajstić information content (AvgIpc) is 3.53. The van der Waals surface area contributed by atoms with Gasteiger partial charge in [-0.05, 0) is 90.7 Å². The summed E-state index contributed by atoms with van der Waals surface area (Å²) < 4.78 is 48.3. The largest absolute Gasteiger partial charge is 0.542 e. The number of benzene rings is 2. The number of allylic oxidation sites excluding steroid dienone is 2. The van der Waals surface area contributed by atoms with E-state index < -0.39 is 12.1 Å². The van der Waals surface area contributed by atoms with Crippen molar-refractivity contribution in [2.24, 2.45) is 0 Å². The second kappa shape index (κ2) is 15.5. The van der Waals surface area contributed by atoms with Crippen molar-refractivity contribution in [3.63, 3.8) is 0 Å². The van der Waals surface area contributed by atoms with Crippen LogP contribution in [-0.4, -0.2) is 58.4 Å². The summed E-state index contributed by atoms with van der Waals surface area (Å²) in [7, 11) is 0. The Morgan fingerprint density at radius 1 is 0.926 bits per heavy atom. The van der Waals surface area contributed by atoms with Crippen molar-refractivity contribution < 1.29 is 37.3 Å². The number of likely N-dealkylation sites (N-methyl/N-ethyl adjacent to an activating group) is 2. The third kappa shape index (κ3) is 7.98. The molecule has 3 aliphatic rings. The molecule has 0 fully saturated rings. The second-order valence-corrected chi connectivity index (χ2v) is 15.0. The van der Waals surface area contributed by atoms with Gasteiger partial charge in [-0.25, -0.2) is 9.56 Å². The second-order valence-electron chi connectivity index (χ2n) is 15.0. The number of aliphatic carboxylic acids is 1. The number of aryl methyl sites for hydroxylation is 1. The summed E-state index contributed by atoms with van der Waals surface area (Å²) in [5.74, 6) is -0.449. The number of carbonyl (C=O) groups is 2. The highest BCUT2D eigenvalue weighted by Crippen LogP contribution is 2.46. The number of imidazole rings is 1. The Labute approximate surface area is 315 Å². The van der Waals surface area contributed by atoms with Gasteiger partial charge in [-0.15, -0.1) is 0 Å². The molecule has 54 heavy (non-hydrogen) atoms. The zero-order valence-corrected chi connectivity index (χ0v) is 32.7. The fourth-order valence-electron chi connectivity index (χ4n) is 8.11. The normalized spacial score (nSPS) is 16.4. The molecule has 0 aliphatic carbocycles. The Kier molecular flexibility index (Phi) is 11.6. The summed E-state index contributed by atoms with van der Waals surface area (Å²) >= 11 is 0. The number of hydrogen-bond acceptors (Lipinski definition) is 7. The molecule has 0 atom stereocenters. The standard InChI is InChI=1S/C40H51N4O3.C2HF3O2/c1-10-43-32-22-34-30(20-28(32)26(4)24-39(43,6)7)37(38-41-17-19-42(38)18-15-13-14-16-36(45)46-12-3)31-21-29-27(5)25-40(8,9)44(11-2)33(29)23-35(31)47-34;3-2(4,5)1(6)7/h17,19-25H,10-16,18H2,1-9H3;(H,6,7)/q+1;/p-1. The van der Waals surface area contributed by atoms with Crippen LogP contribution in [0.25, 0.3) is 16.7 Å². The van der Waals surface area contributed by atoms with E-state index in [1.165, 1.54) is 33.3 Å². The molecule has 12 heteroatoms. The van der Waals surface area contributed by atoms with Crippen LogP contribution in [0.2, 0.25) is 0 Å². The fraction of sp³-hybridized carbons (Fsp3) is 0.476. The van der Waals surface area contributed by atoms with Gasteiger partial charge < -0.3 is 28.8 Å². The topological polar surface area (TPSA) is 99.7 Å². The molecule has 1 aromatic heterocycles. The molecule has 3 aromatic rings. The number of alkyl halides is 3. The minimum absolute atomic E-state index is 0.0983. The van der Waals surface area contributed by atoms with Gasteiger partial charge in [0.2, 0.25) is 5.36 Å². The number of nitrogens with zero attached hydrogens (tertiary/aromatic N) is 4. The van der Waals surface area contributed by atoms with Crippen LogP contribution in [0.4, 0.5) is 18.9 Å². The van der Waals surface area contributed by atoms with Gasteiger partial charge in [0.05, 0.1) is 18.2 Å². The molecule has 0 amide bonds. The number of rotatable bonds is 10. The molecule has 290 valence electrons. The average molecular weight is 749 g/mol. The van der Waals surface area contributed by atoms with Crippen LogP contribution in [0.15, 0.2) is 48.8 Å². The van der Waals surface area contributed by atoms with Gasteiger partial charge in [0, 0.05) is 85.0 Å². The number of carbonyl (C=O) groups excluding carboxylic acids is 2. The molecule has 0 radical (unpaired) electrons. The van der Waals surface area contributed by atoms with Gasteiger partial charge in [-0.3, -0.25) is 4.79 Å². The number of anilines is 1. The lowest BCUT2D eigenvalue weighted by molar-refractivity contribution is -0.344. The molecule has 0 saturated carbocycles. The zero-order valence-electron chi connectivity index (χ0n) is 32.7. The van der Waals surface area contributed by atoms with Gasteiger partial charge in [0.25, 0.3) is 0 Å². The number of ether oxygens (including phenoxy) is 2.